The van der Waals surface area contributed by atoms with Crippen molar-refractivity contribution in [2.24, 2.45) is 7.05 Å². The maximum Gasteiger partial charge on any atom is 0.258 e. The third-order valence-corrected chi connectivity index (χ3v) is 5.28. The lowest BCUT2D eigenvalue weighted by Gasteiger charge is -2.19. The molecule has 0 aliphatic rings. The molecule has 0 fully saturated rings. The van der Waals surface area contributed by atoms with Crippen LogP contribution >= 0.6 is 12.2 Å². The number of nitrogens with zero attached hydrogens (tertiary/aromatic N) is 6. The van der Waals surface area contributed by atoms with Gasteiger partial charge in [-0.05, 0) is 43.0 Å². The highest BCUT2D eigenvalue weighted by molar-refractivity contribution is 7.71. The Balaban J connectivity index is 1.60. The lowest BCUT2D eigenvalue weighted by molar-refractivity contribution is 0.202. The molecule has 3 heterocycles. The molecule has 0 aliphatic heterocycles. The molecule has 0 amide bonds. The van der Waals surface area contributed by atoms with Crippen molar-refractivity contribution >= 4 is 23.1 Å². The van der Waals surface area contributed by atoms with Crippen molar-refractivity contribution in [3.63, 3.8) is 0 Å². The highest BCUT2D eigenvalue weighted by Crippen LogP contribution is 2.16. The van der Waals surface area contributed by atoms with Crippen LogP contribution in [-0.2, 0) is 20.3 Å². The first-order valence-electron chi connectivity index (χ1n) is 9.31. The van der Waals surface area contributed by atoms with Gasteiger partial charge in [0.2, 0.25) is 0 Å². The van der Waals surface area contributed by atoms with Crippen LogP contribution in [-0.4, -0.2) is 40.7 Å². The Morgan fingerprint density at radius 2 is 1.93 bits per heavy atom. The van der Waals surface area contributed by atoms with Gasteiger partial charge in [-0.15, -0.1) is 0 Å². The van der Waals surface area contributed by atoms with E-state index in [9.17, 15) is 4.79 Å². The summed E-state index contributed by atoms with van der Waals surface area (Å²) < 4.78 is 4.29. The number of fused-ring (bicyclic) bond motifs is 1. The quantitative estimate of drug-likeness (QED) is 0.495. The molecule has 29 heavy (non-hydrogen) atoms. The van der Waals surface area contributed by atoms with Crippen molar-refractivity contribution in [1.82, 2.24) is 34.2 Å². The maximum absolute atomic E-state index is 12.3. The molecule has 4 rings (SSSR count). The summed E-state index contributed by atoms with van der Waals surface area (Å²) >= 11 is 5.58. The highest BCUT2D eigenvalue weighted by atomic mass is 32.1. The minimum Gasteiger partial charge on any atom is -0.309 e. The first-order chi connectivity index (χ1) is 14.1. The normalized spacial score (nSPS) is 11.4. The molecule has 0 bridgehead atoms. The van der Waals surface area contributed by atoms with E-state index in [1.165, 1.54) is 0 Å². The number of hydrogen-bond acceptors (Lipinski definition) is 6. The molecule has 4 aromatic rings. The second-order valence-corrected chi connectivity index (χ2v) is 7.08. The Morgan fingerprint density at radius 1 is 1.17 bits per heavy atom. The molecule has 3 aromatic heterocycles. The average molecular weight is 408 g/mol. The summed E-state index contributed by atoms with van der Waals surface area (Å²) in [7, 11) is 1.90. The van der Waals surface area contributed by atoms with Crippen molar-refractivity contribution in [1.29, 1.82) is 0 Å². The number of rotatable bonds is 6. The standard InChI is InChI=1S/C20H21N7OS/c1-3-26(12-17-22-16-7-5-4-6-15(16)19(28)23-17)13-27-20(29)25(2)18(24-27)14-8-10-21-11-9-14/h4-11H,3,12-13H2,1-2H3,(H,22,23,28). The van der Waals surface area contributed by atoms with Crippen LogP contribution in [0.5, 0.6) is 0 Å². The molecule has 0 saturated carbocycles. The monoisotopic (exact) mass is 407 g/mol. The molecule has 9 heteroatoms. The summed E-state index contributed by atoms with van der Waals surface area (Å²) in [6.45, 7) is 3.78. The van der Waals surface area contributed by atoms with Crippen LogP contribution in [0.2, 0.25) is 0 Å². The van der Waals surface area contributed by atoms with E-state index in [1.807, 2.05) is 41.9 Å². The summed E-state index contributed by atoms with van der Waals surface area (Å²) in [5, 5.41) is 5.28. The Hall–Kier alpha value is -3.17. The lowest BCUT2D eigenvalue weighted by atomic mass is 10.2. The zero-order valence-corrected chi connectivity index (χ0v) is 17.1. The van der Waals surface area contributed by atoms with E-state index in [-0.39, 0.29) is 5.56 Å². The minimum atomic E-state index is -0.129. The Morgan fingerprint density at radius 3 is 2.69 bits per heavy atom. The highest BCUT2D eigenvalue weighted by Gasteiger charge is 2.14. The number of aromatic nitrogens is 6. The van der Waals surface area contributed by atoms with Gasteiger partial charge in [-0.2, -0.15) is 5.10 Å². The van der Waals surface area contributed by atoms with Gasteiger partial charge in [-0.25, -0.2) is 9.67 Å². The van der Waals surface area contributed by atoms with Gasteiger partial charge in [-0.1, -0.05) is 19.1 Å². The predicted molar refractivity (Wildman–Crippen MR) is 114 cm³/mol. The molecule has 1 N–H and O–H groups in total. The van der Waals surface area contributed by atoms with Gasteiger partial charge >= 0.3 is 0 Å². The molecule has 0 aliphatic carbocycles. The zero-order chi connectivity index (χ0) is 20.4. The number of H-pyrrole nitrogens is 1. The topological polar surface area (TPSA) is 84.6 Å². The van der Waals surface area contributed by atoms with Crippen molar-refractivity contribution < 1.29 is 0 Å². The molecule has 0 atom stereocenters. The summed E-state index contributed by atoms with van der Waals surface area (Å²) in [6, 6.07) is 11.1. The largest absolute Gasteiger partial charge is 0.309 e. The van der Waals surface area contributed by atoms with Gasteiger partial charge in [0.25, 0.3) is 5.56 Å². The molecule has 148 valence electrons. The number of hydrogen-bond donors (Lipinski definition) is 1. The molecule has 8 nitrogen and oxygen atoms in total. The number of pyridine rings is 1. The van der Waals surface area contributed by atoms with Gasteiger partial charge < -0.3 is 9.55 Å². The third kappa shape index (κ3) is 3.87. The fraction of sp³-hybridized carbons (Fsp3) is 0.250. The number of aromatic amines is 1. The van der Waals surface area contributed by atoms with E-state index < -0.39 is 0 Å². The molecular formula is C20H21N7OS. The molecular weight excluding hydrogens is 386 g/mol. The van der Waals surface area contributed by atoms with Gasteiger partial charge in [0, 0.05) is 25.0 Å². The predicted octanol–water partition coefficient (Wildman–Crippen LogP) is 2.73. The van der Waals surface area contributed by atoms with Crippen LogP contribution in [0.3, 0.4) is 0 Å². The fourth-order valence-corrected chi connectivity index (χ4v) is 3.39. The Labute approximate surface area is 172 Å². The van der Waals surface area contributed by atoms with E-state index >= 15 is 0 Å². The van der Waals surface area contributed by atoms with Crippen molar-refractivity contribution in [3.8, 4) is 11.4 Å². The summed E-state index contributed by atoms with van der Waals surface area (Å²) in [6.07, 6.45) is 3.47. The van der Waals surface area contributed by atoms with Crippen molar-refractivity contribution in [2.45, 2.75) is 20.1 Å². The lowest BCUT2D eigenvalue weighted by Crippen LogP contribution is -2.28. The van der Waals surface area contributed by atoms with Crippen LogP contribution in [0.1, 0.15) is 12.7 Å². The van der Waals surface area contributed by atoms with Crippen LogP contribution < -0.4 is 5.56 Å². The summed E-state index contributed by atoms with van der Waals surface area (Å²) in [5.41, 5.74) is 1.52. The van der Waals surface area contributed by atoms with Crippen molar-refractivity contribution in [3.05, 3.63) is 69.7 Å². The van der Waals surface area contributed by atoms with Crippen molar-refractivity contribution in [2.75, 3.05) is 6.54 Å². The zero-order valence-electron chi connectivity index (χ0n) is 16.2. The van der Waals surface area contributed by atoms with E-state index in [0.29, 0.717) is 34.7 Å². The number of benzene rings is 1. The molecule has 0 saturated heterocycles. The molecule has 0 unspecified atom stereocenters. The van der Waals surface area contributed by atoms with Crippen LogP contribution in [0.15, 0.2) is 53.6 Å². The maximum atomic E-state index is 12.3. The second kappa shape index (κ2) is 8.06. The SMILES string of the molecule is CCN(Cc1nc2ccccc2c(=O)[nH]1)Cn1nc(-c2ccncc2)n(C)c1=S. The van der Waals surface area contributed by atoms with Gasteiger partial charge in [0.05, 0.1) is 24.1 Å². The van der Waals surface area contributed by atoms with Gasteiger partial charge in [-0.3, -0.25) is 14.7 Å². The minimum absolute atomic E-state index is 0.129. The average Bonchev–Trinajstić information content (AvgIpc) is 3.02. The van der Waals surface area contributed by atoms with E-state index in [0.717, 1.165) is 17.9 Å². The summed E-state index contributed by atoms with van der Waals surface area (Å²) in [5.74, 6) is 1.40. The van der Waals surface area contributed by atoms with Crippen LogP contribution in [0.25, 0.3) is 22.3 Å². The van der Waals surface area contributed by atoms with Gasteiger partial charge in [0.1, 0.15) is 5.82 Å². The Bertz CT molecular complexity index is 1260. The second-order valence-electron chi connectivity index (χ2n) is 6.72. The van der Waals surface area contributed by atoms with E-state index in [1.54, 1.807) is 23.1 Å². The van der Waals surface area contributed by atoms with E-state index in [2.05, 4.69) is 26.8 Å². The number of nitrogens with one attached hydrogen (secondary N) is 1. The smallest absolute Gasteiger partial charge is 0.258 e. The third-order valence-electron chi connectivity index (χ3n) is 4.80. The van der Waals surface area contributed by atoms with Crippen LogP contribution in [0.4, 0.5) is 0 Å². The van der Waals surface area contributed by atoms with Gasteiger partial charge in [0.15, 0.2) is 10.6 Å². The van der Waals surface area contributed by atoms with Crippen LogP contribution in [0, 0.1) is 4.77 Å². The summed E-state index contributed by atoms with van der Waals surface area (Å²) in [4.78, 5) is 26.0. The molecule has 0 spiro atoms. The molecule has 0 radical (unpaired) electrons. The molecule has 1 aromatic carbocycles. The number of para-hydroxylation sites is 1. The first-order valence-corrected chi connectivity index (χ1v) is 9.72. The van der Waals surface area contributed by atoms with E-state index in [4.69, 9.17) is 17.3 Å². The fourth-order valence-electron chi connectivity index (χ4n) is 3.21. The first kappa shape index (κ1) is 19.2. The Kier molecular flexibility index (Phi) is 5.32.